The van der Waals surface area contributed by atoms with E-state index in [1.54, 1.807) is 18.2 Å². The Morgan fingerprint density at radius 3 is 2.76 bits per heavy atom. The maximum absolute atomic E-state index is 13.1. The first-order valence-corrected chi connectivity index (χ1v) is 5.54. The number of halogens is 2. The molecule has 0 saturated heterocycles. The quantitative estimate of drug-likeness (QED) is 0.820. The van der Waals surface area contributed by atoms with Crippen molar-refractivity contribution in [1.82, 2.24) is 5.32 Å². The van der Waals surface area contributed by atoms with Crippen LogP contribution < -0.4 is 10.1 Å². The number of ether oxygens (including phenoxy) is 1. The lowest BCUT2D eigenvalue weighted by molar-refractivity contribution is 0.104. The molecule has 0 aliphatic heterocycles. The Morgan fingerprint density at radius 2 is 2.12 bits per heavy atom. The number of para-hydroxylation sites is 1. The van der Waals surface area contributed by atoms with Gasteiger partial charge in [-0.15, -0.1) is 12.4 Å². The average molecular weight is 262 g/mol. The van der Waals surface area contributed by atoms with E-state index in [1.165, 1.54) is 18.9 Å². The first-order valence-electron chi connectivity index (χ1n) is 5.54. The Labute approximate surface area is 106 Å². The van der Waals surface area contributed by atoms with E-state index < -0.39 is 11.9 Å². The number of hydrogen-bond donors (Lipinski definition) is 2. The van der Waals surface area contributed by atoms with Crippen LogP contribution in [0.2, 0.25) is 0 Å². The van der Waals surface area contributed by atoms with Crippen LogP contribution in [0.4, 0.5) is 4.39 Å². The molecule has 0 radical (unpaired) electrons. The zero-order valence-electron chi connectivity index (χ0n) is 9.43. The van der Waals surface area contributed by atoms with Gasteiger partial charge in [-0.3, -0.25) is 0 Å². The van der Waals surface area contributed by atoms with Crippen molar-refractivity contribution >= 4 is 12.4 Å². The highest BCUT2D eigenvalue weighted by Crippen LogP contribution is 2.18. The van der Waals surface area contributed by atoms with E-state index in [0.29, 0.717) is 12.6 Å². The number of nitrogens with one attached hydrogen (secondary N) is 1. The molecule has 5 heteroatoms. The summed E-state index contributed by atoms with van der Waals surface area (Å²) in [5.74, 6) is -0.210. The second-order valence-electron chi connectivity index (χ2n) is 4.08. The molecule has 0 heterocycles. The number of hydrogen-bond acceptors (Lipinski definition) is 3. The molecule has 2 rings (SSSR count). The molecule has 0 bridgehead atoms. The van der Waals surface area contributed by atoms with E-state index >= 15 is 0 Å². The number of aliphatic hydroxyl groups is 1. The summed E-state index contributed by atoms with van der Waals surface area (Å²) >= 11 is 0. The van der Waals surface area contributed by atoms with Crippen LogP contribution in [0.3, 0.4) is 0 Å². The summed E-state index contributed by atoms with van der Waals surface area (Å²) in [6.45, 7) is 0.611. The molecule has 1 aromatic carbocycles. The van der Waals surface area contributed by atoms with E-state index in [-0.39, 0.29) is 24.8 Å². The Kier molecular flexibility index (Phi) is 5.68. The highest BCUT2D eigenvalue weighted by Gasteiger charge is 2.21. The summed E-state index contributed by atoms with van der Waals surface area (Å²) in [4.78, 5) is 0. The number of rotatable bonds is 6. The lowest BCUT2D eigenvalue weighted by Crippen LogP contribution is -2.32. The first-order chi connectivity index (χ1) is 7.75. The second kappa shape index (κ2) is 6.79. The van der Waals surface area contributed by atoms with Crippen LogP contribution >= 0.6 is 12.4 Å². The predicted octanol–water partition coefficient (Wildman–Crippen LogP) is 1.74. The van der Waals surface area contributed by atoms with Crippen LogP contribution in [0.25, 0.3) is 0 Å². The molecule has 1 atom stereocenters. The molecule has 0 spiro atoms. The minimum atomic E-state index is -0.597. The number of benzene rings is 1. The van der Waals surface area contributed by atoms with Gasteiger partial charge in [-0.25, -0.2) is 4.39 Å². The highest BCUT2D eigenvalue weighted by molar-refractivity contribution is 5.85. The lowest BCUT2D eigenvalue weighted by Gasteiger charge is -2.13. The van der Waals surface area contributed by atoms with E-state index in [9.17, 15) is 9.50 Å². The van der Waals surface area contributed by atoms with Crippen molar-refractivity contribution < 1.29 is 14.2 Å². The molecule has 0 amide bonds. The van der Waals surface area contributed by atoms with Gasteiger partial charge in [0.15, 0.2) is 11.6 Å². The normalized spacial score (nSPS) is 16.1. The molecular weight excluding hydrogens is 245 g/mol. The van der Waals surface area contributed by atoms with Crippen molar-refractivity contribution in [2.24, 2.45) is 0 Å². The van der Waals surface area contributed by atoms with Gasteiger partial charge in [0, 0.05) is 12.6 Å². The largest absolute Gasteiger partial charge is 0.488 e. The van der Waals surface area contributed by atoms with Gasteiger partial charge in [0.1, 0.15) is 12.7 Å². The van der Waals surface area contributed by atoms with E-state index in [4.69, 9.17) is 4.74 Å². The summed E-state index contributed by atoms with van der Waals surface area (Å²) in [5.41, 5.74) is 0. The first kappa shape index (κ1) is 14.2. The summed E-state index contributed by atoms with van der Waals surface area (Å²) in [6.07, 6.45) is 1.77. The zero-order valence-corrected chi connectivity index (χ0v) is 10.3. The number of aliphatic hydroxyl groups excluding tert-OH is 1. The van der Waals surface area contributed by atoms with Crippen molar-refractivity contribution in [3.63, 3.8) is 0 Å². The van der Waals surface area contributed by atoms with Gasteiger partial charge in [-0.05, 0) is 25.0 Å². The highest BCUT2D eigenvalue weighted by atomic mass is 35.5. The standard InChI is InChI=1S/C12H16FNO2.ClH/c13-11-3-1-2-4-12(11)16-8-10(15)7-14-9-5-6-9;/h1-4,9-10,14-15H,5-8H2;1H. The van der Waals surface area contributed by atoms with Crippen molar-refractivity contribution in [2.75, 3.05) is 13.2 Å². The summed E-state index contributed by atoms with van der Waals surface area (Å²) < 4.78 is 18.3. The molecule has 17 heavy (non-hydrogen) atoms. The fourth-order valence-electron chi connectivity index (χ4n) is 1.40. The molecule has 1 saturated carbocycles. The van der Waals surface area contributed by atoms with Gasteiger partial charge in [-0.1, -0.05) is 12.1 Å². The molecule has 1 fully saturated rings. The van der Waals surface area contributed by atoms with Crippen LogP contribution in [0.5, 0.6) is 5.75 Å². The van der Waals surface area contributed by atoms with Crippen LogP contribution in [-0.4, -0.2) is 30.4 Å². The molecule has 1 aliphatic rings. The van der Waals surface area contributed by atoms with Crippen LogP contribution in [0.1, 0.15) is 12.8 Å². The van der Waals surface area contributed by atoms with Crippen LogP contribution in [0, 0.1) is 5.82 Å². The van der Waals surface area contributed by atoms with Crippen molar-refractivity contribution in [3.8, 4) is 5.75 Å². The minimum Gasteiger partial charge on any atom is -0.488 e. The van der Waals surface area contributed by atoms with Crippen LogP contribution in [0.15, 0.2) is 24.3 Å². The maximum Gasteiger partial charge on any atom is 0.165 e. The Bertz CT molecular complexity index is 347. The minimum absolute atomic E-state index is 0. The molecule has 96 valence electrons. The fraction of sp³-hybridized carbons (Fsp3) is 0.500. The molecule has 1 aliphatic carbocycles. The van der Waals surface area contributed by atoms with Gasteiger partial charge in [0.2, 0.25) is 0 Å². The van der Waals surface area contributed by atoms with Crippen molar-refractivity contribution in [1.29, 1.82) is 0 Å². The molecule has 1 unspecified atom stereocenters. The Morgan fingerprint density at radius 1 is 1.41 bits per heavy atom. The lowest BCUT2D eigenvalue weighted by atomic mass is 10.3. The Balaban J connectivity index is 0.00000144. The third kappa shape index (κ3) is 4.89. The maximum atomic E-state index is 13.1. The topological polar surface area (TPSA) is 41.5 Å². The second-order valence-corrected chi connectivity index (χ2v) is 4.08. The molecule has 3 nitrogen and oxygen atoms in total. The van der Waals surface area contributed by atoms with Gasteiger partial charge < -0.3 is 15.2 Å². The third-order valence-electron chi connectivity index (χ3n) is 2.49. The van der Waals surface area contributed by atoms with Gasteiger partial charge in [-0.2, -0.15) is 0 Å². The molecular formula is C12H17ClFNO2. The van der Waals surface area contributed by atoms with E-state index in [2.05, 4.69) is 5.32 Å². The van der Waals surface area contributed by atoms with Crippen molar-refractivity contribution in [3.05, 3.63) is 30.1 Å². The molecule has 1 aromatic rings. The Hall–Kier alpha value is -0.840. The summed E-state index contributed by atoms with van der Waals surface area (Å²) in [5, 5.41) is 12.8. The SMILES string of the molecule is Cl.OC(CNC1CC1)COc1ccccc1F. The third-order valence-corrected chi connectivity index (χ3v) is 2.49. The predicted molar refractivity (Wildman–Crippen MR) is 66.2 cm³/mol. The van der Waals surface area contributed by atoms with Gasteiger partial charge in [0.05, 0.1) is 0 Å². The van der Waals surface area contributed by atoms with E-state index in [1.807, 2.05) is 0 Å². The van der Waals surface area contributed by atoms with Crippen LogP contribution in [-0.2, 0) is 0 Å². The summed E-state index contributed by atoms with van der Waals surface area (Å²) in [7, 11) is 0. The van der Waals surface area contributed by atoms with Gasteiger partial charge in [0.25, 0.3) is 0 Å². The van der Waals surface area contributed by atoms with Gasteiger partial charge >= 0.3 is 0 Å². The molecule has 0 aromatic heterocycles. The monoisotopic (exact) mass is 261 g/mol. The molecule has 2 N–H and O–H groups in total. The smallest absolute Gasteiger partial charge is 0.165 e. The zero-order chi connectivity index (χ0) is 11.4. The average Bonchev–Trinajstić information content (AvgIpc) is 3.09. The van der Waals surface area contributed by atoms with E-state index in [0.717, 1.165) is 0 Å². The fourth-order valence-corrected chi connectivity index (χ4v) is 1.40. The van der Waals surface area contributed by atoms with Crippen molar-refractivity contribution in [2.45, 2.75) is 25.0 Å². The summed E-state index contributed by atoms with van der Waals surface area (Å²) in [6, 6.07) is 6.75.